The van der Waals surface area contributed by atoms with Crippen molar-refractivity contribution in [2.45, 2.75) is 247 Å². The van der Waals surface area contributed by atoms with Gasteiger partial charge in [-0.15, -0.1) is 0 Å². The highest BCUT2D eigenvalue weighted by Gasteiger charge is 2.47. The van der Waals surface area contributed by atoms with Crippen LogP contribution < -0.4 is 16.0 Å². The molecular formula is C70H129N6O37P3. The molecule has 0 radical (unpaired) electrons. The summed E-state index contributed by atoms with van der Waals surface area (Å²) in [6.45, 7) is 3.55. The topological polar surface area (TPSA) is 590 Å². The first-order valence-electron chi connectivity index (χ1n) is 39.7. The fourth-order valence-electron chi connectivity index (χ4n) is 13.4. The van der Waals surface area contributed by atoms with Gasteiger partial charge in [-0.25, -0.2) is 13.7 Å². The Morgan fingerprint density at radius 1 is 0.474 bits per heavy atom. The van der Waals surface area contributed by atoms with E-state index in [0.717, 1.165) is 0 Å². The molecule has 0 aromatic heterocycles. The van der Waals surface area contributed by atoms with Crippen LogP contribution in [-0.4, -0.2) is 374 Å². The quantitative estimate of drug-likeness (QED) is 0.0182. The summed E-state index contributed by atoms with van der Waals surface area (Å²) in [6.07, 6.45) is -11.2. The summed E-state index contributed by atoms with van der Waals surface area (Å²) < 4.78 is 129. The fraction of sp³-hybridized carbons (Fsp3) is 0.914. The normalized spacial score (nSPS) is 25.9. The smallest absolute Gasteiger partial charge is 0.394 e. The van der Waals surface area contributed by atoms with Gasteiger partial charge in [-0.05, 0) is 103 Å². The zero-order valence-electron chi connectivity index (χ0n) is 67.1. The van der Waals surface area contributed by atoms with Crippen molar-refractivity contribution in [3.05, 3.63) is 0 Å². The lowest BCUT2D eigenvalue weighted by Gasteiger charge is -2.42. The zero-order chi connectivity index (χ0) is 85.4. The third kappa shape index (κ3) is 38.0. The molecule has 5 aliphatic heterocycles. The molecule has 6 amide bonds. The zero-order valence-corrected chi connectivity index (χ0v) is 69.7. The van der Waals surface area contributed by atoms with E-state index in [1.165, 1.54) is 34.8 Å². The van der Waals surface area contributed by atoms with Gasteiger partial charge in [0.1, 0.15) is 60.9 Å². The van der Waals surface area contributed by atoms with Crippen LogP contribution in [0.4, 0.5) is 0 Å². The molecule has 0 aromatic carbocycles. The minimum Gasteiger partial charge on any atom is -0.394 e. The van der Waals surface area contributed by atoms with Crippen LogP contribution >= 0.6 is 23.5 Å². The van der Waals surface area contributed by atoms with Crippen LogP contribution in [0.3, 0.4) is 0 Å². The van der Waals surface area contributed by atoms with Crippen molar-refractivity contribution in [2.75, 3.05) is 159 Å². The average Bonchev–Trinajstić information content (AvgIpc) is 0.796. The highest BCUT2D eigenvalue weighted by molar-refractivity contribution is 7.48. The summed E-state index contributed by atoms with van der Waals surface area (Å²) >= 11 is 0. The molecule has 5 rings (SSSR count). The van der Waals surface area contributed by atoms with Crippen LogP contribution in [0.15, 0.2) is 0 Å². The van der Waals surface area contributed by atoms with Crippen molar-refractivity contribution in [2.24, 2.45) is 5.41 Å². The molecule has 5 fully saturated rings. The minimum absolute atomic E-state index is 0.00260. The lowest BCUT2D eigenvalue weighted by molar-refractivity contribution is -0.270. The number of ether oxygens (including phenoxy) is 10. The maximum atomic E-state index is 13.1. The van der Waals surface area contributed by atoms with E-state index in [2.05, 4.69) is 16.0 Å². The number of carbonyl (C=O) groups is 6. The van der Waals surface area contributed by atoms with Crippen molar-refractivity contribution in [3.8, 4) is 0 Å². The van der Waals surface area contributed by atoms with Crippen molar-refractivity contribution >= 4 is 58.9 Å². The number of unbranched alkanes of at least 4 members (excludes halogenated alkanes) is 3. The van der Waals surface area contributed by atoms with E-state index in [-0.39, 0.29) is 220 Å². The van der Waals surface area contributed by atoms with E-state index in [9.17, 15) is 103 Å². The Kier molecular flexibility index (Phi) is 48.0. The summed E-state index contributed by atoms with van der Waals surface area (Å²) in [6, 6.07) is -3.20. The number of rotatable bonds is 58. The van der Waals surface area contributed by atoms with Gasteiger partial charge in [-0.2, -0.15) is 0 Å². The van der Waals surface area contributed by atoms with Gasteiger partial charge >= 0.3 is 23.5 Å². The highest BCUT2D eigenvalue weighted by Crippen LogP contribution is 2.48. The molecule has 15 N–H and O–H groups in total. The number of aliphatic hydroxyl groups is 9. The number of piperidine rings is 3. The number of amides is 6. The standard InChI is InChI=1S/C70H129N6O37P3/c1-47(81)55(40-78)108-67(54(39-77)71-48(2)82)102-33-9-6-15-58(85)74-24-18-51(19-25-74)111-114(92,93)105-36-12-30-99-44-70(43-98-5,45-100-31-13-37-106-115(94,95)112-52-20-26-75(27-21-52)59(86)16-7-10-34-103-68-61(72-49(3)83)65(90)63(88)56(41-79)109-68)46-101-32-14-38-107-116(96,97)113-53-22-28-76(29-23-53)60(87)17-8-11-35-104-69-62(73-50(4)84)66(91)64(89)57(42-80)110-69/h47,51-57,61-69,77-81,88-91H,6-46H2,1-5H3,(H,71,82)(H,72,83)(H,73,84)(H,92,93)(H,94,95)(H,96,97)/t47-,54+,55?,56?,57?,61?,62?,63?,64?,65?,66?,67?,68?,69?,70?/m1/s1. The molecule has 5 saturated heterocycles. The van der Waals surface area contributed by atoms with Gasteiger partial charge in [0.15, 0.2) is 18.9 Å². The maximum Gasteiger partial charge on any atom is 0.472 e. The van der Waals surface area contributed by atoms with Crippen LogP contribution in [0.25, 0.3) is 0 Å². The van der Waals surface area contributed by atoms with Crippen molar-refractivity contribution in [3.63, 3.8) is 0 Å². The van der Waals surface area contributed by atoms with E-state index < -0.39 is 177 Å². The number of carbonyl (C=O) groups excluding carboxylic acids is 6. The van der Waals surface area contributed by atoms with Crippen LogP contribution in [0.5, 0.6) is 0 Å². The highest BCUT2D eigenvalue weighted by atomic mass is 31.2. The summed E-state index contributed by atoms with van der Waals surface area (Å²) in [5.74, 6) is -1.94. The van der Waals surface area contributed by atoms with E-state index >= 15 is 0 Å². The molecular weight excluding hydrogens is 1610 g/mol. The number of nitrogens with zero attached hydrogens (tertiary/aromatic N) is 3. The van der Waals surface area contributed by atoms with Crippen LogP contribution in [0, 0.1) is 5.41 Å². The molecule has 0 saturated carbocycles. The van der Waals surface area contributed by atoms with Gasteiger partial charge in [-0.3, -0.25) is 55.9 Å². The molecule has 116 heavy (non-hydrogen) atoms. The van der Waals surface area contributed by atoms with Crippen LogP contribution in [0.2, 0.25) is 0 Å². The predicted octanol–water partition coefficient (Wildman–Crippen LogP) is -1.76. The molecule has 0 spiro atoms. The van der Waals surface area contributed by atoms with Crippen LogP contribution in [0.1, 0.15) is 143 Å². The predicted molar refractivity (Wildman–Crippen MR) is 402 cm³/mol. The van der Waals surface area contributed by atoms with Gasteiger partial charge in [0.05, 0.1) is 103 Å². The Hall–Kier alpha value is -3.61. The second-order valence-corrected chi connectivity index (χ2v) is 33.6. The number of hydrogen-bond donors (Lipinski definition) is 15. The lowest BCUT2D eigenvalue weighted by Crippen LogP contribution is -2.64. The number of hydrogen-bond acceptors (Lipinski definition) is 34. The molecule has 15 unspecified atom stereocenters. The first kappa shape index (κ1) is 103. The SMILES string of the molecule is COCC(COCCCOP(=O)(O)OC1CCN(C(=O)CCCCOC2OC(CO)C(O)C(O)C2NC(C)=O)CC1)(COCCCOP(=O)(O)OC1CCN(C(=O)CCCCOC2OC(CO)C(O)C(O)C2NC(C)=O)CC1)COCCCOP(=O)(O)OC1CCN(C(=O)CCCCOC(OC(CO)[C@@H](C)O)[C@H](CO)NC(C)=O)CC1. The van der Waals surface area contributed by atoms with E-state index in [1.54, 1.807) is 14.7 Å². The molecule has 0 aromatic rings. The number of aliphatic hydroxyl groups excluding tert-OH is 9. The maximum absolute atomic E-state index is 13.1. The monoisotopic (exact) mass is 1740 g/mol. The Labute approximate surface area is 676 Å². The number of methoxy groups -OCH3 is 1. The van der Waals surface area contributed by atoms with E-state index in [4.69, 9.17) is 74.5 Å². The summed E-state index contributed by atoms with van der Waals surface area (Å²) in [5.41, 5.74) is -1.03. The van der Waals surface area contributed by atoms with Crippen molar-refractivity contribution < 1.29 is 178 Å². The van der Waals surface area contributed by atoms with Crippen molar-refractivity contribution in [1.82, 2.24) is 30.7 Å². The van der Waals surface area contributed by atoms with Crippen molar-refractivity contribution in [1.29, 1.82) is 0 Å². The molecule has 5 aliphatic rings. The number of phosphoric ester groups is 3. The number of nitrogens with one attached hydrogen (secondary N) is 3. The molecule has 5 heterocycles. The van der Waals surface area contributed by atoms with E-state index in [1.807, 2.05) is 0 Å². The Balaban J connectivity index is 1.03. The van der Waals surface area contributed by atoms with E-state index in [0.29, 0.717) is 38.5 Å². The van der Waals surface area contributed by atoms with Crippen LogP contribution in [-0.2, 0) is 117 Å². The minimum atomic E-state index is -4.59. The summed E-state index contributed by atoms with van der Waals surface area (Å²) in [7, 11) is -12.3. The number of phosphoric acid groups is 3. The largest absolute Gasteiger partial charge is 0.472 e. The average molecular weight is 1740 g/mol. The molecule has 0 bridgehead atoms. The van der Waals surface area contributed by atoms with Gasteiger partial charge in [0.25, 0.3) is 0 Å². The third-order valence-corrected chi connectivity index (χ3v) is 22.8. The first-order chi connectivity index (χ1) is 55.2. The number of likely N-dealkylation sites (tertiary alicyclic amines) is 3. The Morgan fingerprint density at radius 3 is 1.13 bits per heavy atom. The molecule has 17 atom stereocenters. The second-order valence-electron chi connectivity index (χ2n) is 29.4. The van der Waals surface area contributed by atoms with Gasteiger partial charge in [0, 0.05) is 126 Å². The van der Waals surface area contributed by atoms with Gasteiger partial charge < -0.3 is 139 Å². The third-order valence-electron chi connectivity index (χ3n) is 19.6. The molecule has 46 heteroatoms. The summed E-state index contributed by atoms with van der Waals surface area (Å²) in [5, 5.41) is 97.6. The summed E-state index contributed by atoms with van der Waals surface area (Å²) in [4.78, 5) is 111. The molecule has 676 valence electrons. The Bertz CT molecular complexity index is 2870. The lowest BCUT2D eigenvalue weighted by atomic mass is 9.92. The Morgan fingerprint density at radius 2 is 0.828 bits per heavy atom. The first-order valence-corrected chi connectivity index (χ1v) is 44.2. The molecule has 43 nitrogen and oxygen atoms in total. The fourth-order valence-corrected chi connectivity index (χ4v) is 16.4. The van der Waals surface area contributed by atoms with Gasteiger partial charge in [-0.1, -0.05) is 0 Å². The second kappa shape index (κ2) is 54.1. The van der Waals surface area contributed by atoms with Gasteiger partial charge in [0.2, 0.25) is 35.4 Å². The molecule has 0 aliphatic carbocycles.